The average Bonchev–Trinajstić information content (AvgIpc) is 2.79. The Morgan fingerprint density at radius 3 is 2.42 bits per heavy atom. The van der Waals surface area contributed by atoms with Gasteiger partial charge in [-0.3, -0.25) is 14.5 Å². The van der Waals surface area contributed by atoms with Gasteiger partial charge in [0.05, 0.1) is 24.8 Å². The van der Waals surface area contributed by atoms with Crippen LogP contribution in [0.25, 0.3) is 0 Å². The van der Waals surface area contributed by atoms with Crippen molar-refractivity contribution in [1.29, 1.82) is 0 Å². The van der Waals surface area contributed by atoms with Gasteiger partial charge in [-0.25, -0.2) is 4.98 Å². The standard InChI is InChI=1S/C14H17N3O2/c18-12-8-14(19)17(10-12)13-5-4-11(9-15-13)16-6-2-1-3-7-16/h4-5,9H,1-3,6-8,10H2. The number of hydrogen-bond acceptors (Lipinski definition) is 4. The van der Waals surface area contributed by atoms with Gasteiger partial charge in [-0.2, -0.15) is 0 Å². The molecule has 0 aromatic carbocycles. The van der Waals surface area contributed by atoms with Gasteiger partial charge in [-0.1, -0.05) is 0 Å². The van der Waals surface area contributed by atoms with Crippen LogP contribution < -0.4 is 9.80 Å². The highest BCUT2D eigenvalue weighted by atomic mass is 16.2. The molecular weight excluding hydrogens is 242 g/mol. The van der Waals surface area contributed by atoms with Crippen molar-refractivity contribution in [2.24, 2.45) is 0 Å². The van der Waals surface area contributed by atoms with E-state index in [1.807, 2.05) is 12.1 Å². The minimum Gasteiger partial charge on any atom is -0.370 e. The van der Waals surface area contributed by atoms with Gasteiger partial charge < -0.3 is 4.90 Å². The van der Waals surface area contributed by atoms with Gasteiger partial charge in [0.2, 0.25) is 5.91 Å². The normalized spacial score (nSPS) is 20.2. The minimum absolute atomic E-state index is 0.00948. The molecule has 2 fully saturated rings. The zero-order chi connectivity index (χ0) is 13.2. The number of carbonyl (C=O) groups excluding carboxylic acids is 2. The molecule has 0 aliphatic carbocycles. The molecule has 0 spiro atoms. The predicted octanol–water partition coefficient (Wildman–Crippen LogP) is 1.38. The number of Topliss-reactive ketones (excluding diaryl/α,β-unsaturated/α-hetero) is 1. The molecule has 0 atom stereocenters. The first-order chi connectivity index (χ1) is 9.24. The van der Waals surface area contributed by atoms with E-state index in [0.717, 1.165) is 18.8 Å². The second kappa shape index (κ2) is 4.99. The summed E-state index contributed by atoms with van der Waals surface area (Å²) in [5.74, 6) is 0.395. The smallest absolute Gasteiger partial charge is 0.236 e. The summed E-state index contributed by atoms with van der Waals surface area (Å²) < 4.78 is 0. The molecule has 2 aliphatic heterocycles. The molecule has 19 heavy (non-hydrogen) atoms. The van der Waals surface area contributed by atoms with E-state index in [0.29, 0.717) is 5.82 Å². The molecule has 1 aromatic heterocycles. The number of amides is 1. The van der Waals surface area contributed by atoms with E-state index in [-0.39, 0.29) is 24.7 Å². The van der Waals surface area contributed by atoms with Crippen molar-refractivity contribution in [1.82, 2.24) is 4.98 Å². The van der Waals surface area contributed by atoms with Gasteiger partial charge >= 0.3 is 0 Å². The Labute approximate surface area is 112 Å². The van der Waals surface area contributed by atoms with Crippen LogP contribution in [0.1, 0.15) is 25.7 Å². The van der Waals surface area contributed by atoms with Crippen molar-refractivity contribution < 1.29 is 9.59 Å². The zero-order valence-corrected chi connectivity index (χ0v) is 10.8. The Kier molecular flexibility index (Phi) is 3.19. The SMILES string of the molecule is O=C1CC(=O)N(c2ccc(N3CCCCC3)cn2)C1. The quantitative estimate of drug-likeness (QED) is 0.753. The number of carbonyl (C=O) groups is 2. The number of anilines is 2. The molecule has 0 N–H and O–H groups in total. The molecule has 1 aromatic rings. The van der Waals surface area contributed by atoms with E-state index in [1.54, 1.807) is 6.20 Å². The van der Waals surface area contributed by atoms with Crippen LogP contribution in [0.4, 0.5) is 11.5 Å². The maximum Gasteiger partial charge on any atom is 0.236 e. The molecule has 0 unspecified atom stereocenters. The fraction of sp³-hybridized carbons (Fsp3) is 0.500. The summed E-state index contributed by atoms with van der Waals surface area (Å²) in [6.07, 6.45) is 5.56. The van der Waals surface area contributed by atoms with Gasteiger partial charge in [0.1, 0.15) is 5.82 Å². The lowest BCUT2D eigenvalue weighted by atomic mass is 10.1. The number of rotatable bonds is 2. The van der Waals surface area contributed by atoms with Crippen molar-refractivity contribution >= 4 is 23.2 Å². The summed E-state index contributed by atoms with van der Waals surface area (Å²) in [5, 5.41) is 0. The number of ketones is 1. The number of aromatic nitrogens is 1. The lowest BCUT2D eigenvalue weighted by molar-refractivity contribution is -0.121. The first kappa shape index (κ1) is 12.1. The van der Waals surface area contributed by atoms with Gasteiger partial charge in [-0.15, -0.1) is 0 Å². The summed E-state index contributed by atoms with van der Waals surface area (Å²) in [7, 11) is 0. The predicted molar refractivity (Wildman–Crippen MR) is 72.3 cm³/mol. The molecule has 3 rings (SSSR count). The third-order valence-electron chi connectivity index (χ3n) is 3.71. The molecule has 2 aliphatic rings. The Bertz CT molecular complexity index is 492. The van der Waals surface area contributed by atoms with E-state index in [2.05, 4.69) is 9.88 Å². The van der Waals surface area contributed by atoms with Crippen molar-refractivity contribution in [3.63, 3.8) is 0 Å². The van der Waals surface area contributed by atoms with E-state index in [4.69, 9.17) is 0 Å². The van der Waals surface area contributed by atoms with Crippen LogP contribution in [0.15, 0.2) is 18.3 Å². The second-order valence-electron chi connectivity index (χ2n) is 5.12. The Morgan fingerprint density at radius 1 is 1.05 bits per heavy atom. The van der Waals surface area contributed by atoms with Gasteiger partial charge in [-0.05, 0) is 31.4 Å². The Morgan fingerprint density at radius 2 is 1.84 bits per heavy atom. The van der Waals surface area contributed by atoms with Crippen LogP contribution in [0.5, 0.6) is 0 Å². The highest BCUT2D eigenvalue weighted by Gasteiger charge is 2.29. The average molecular weight is 259 g/mol. The number of nitrogens with zero attached hydrogens (tertiary/aromatic N) is 3. The van der Waals surface area contributed by atoms with Crippen LogP contribution in [-0.4, -0.2) is 36.3 Å². The summed E-state index contributed by atoms with van der Waals surface area (Å²) in [6, 6.07) is 3.82. The van der Waals surface area contributed by atoms with Gasteiger partial charge in [0, 0.05) is 13.1 Å². The highest BCUT2D eigenvalue weighted by molar-refractivity contribution is 6.14. The fourth-order valence-electron chi connectivity index (χ4n) is 2.67. The van der Waals surface area contributed by atoms with Crippen molar-refractivity contribution in [3.05, 3.63) is 18.3 Å². The van der Waals surface area contributed by atoms with E-state index in [9.17, 15) is 9.59 Å². The fourth-order valence-corrected chi connectivity index (χ4v) is 2.67. The van der Waals surface area contributed by atoms with E-state index in [1.165, 1.54) is 24.2 Å². The number of piperidine rings is 1. The number of hydrogen-bond donors (Lipinski definition) is 0. The maximum atomic E-state index is 11.6. The summed E-state index contributed by atoms with van der Waals surface area (Å²) in [4.78, 5) is 31.0. The van der Waals surface area contributed by atoms with Crippen molar-refractivity contribution in [3.8, 4) is 0 Å². The second-order valence-corrected chi connectivity index (χ2v) is 5.12. The largest absolute Gasteiger partial charge is 0.370 e. The lowest BCUT2D eigenvalue weighted by Gasteiger charge is -2.28. The summed E-state index contributed by atoms with van der Waals surface area (Å²) in [5.41, 5.74) is 1.10. The number of pyridine rings is 1. The molecule has 5 heteroatoms. The highest BCUT2D eigenvalue weighted by Crippen LogP contribution is 2.23. The molecule has 0 bridgehead atoms. The third-order valence-corrected chi connectivity index (χ3v) is 3.71. The van der Waals surface area contributed by atoms with Gasteiger partial charge in [0.25, 0.3) is 0 Å². The van der Waals surface area contributed by atoms with Gasteiger partial charge in [0.15, 0.2) is 5.78 Å². The zero-order valence-electron chi connectivity index (χ0n) is 10.8. The first-order valence-corrected chi connectivity index (χ1v) is 6.77. The van der Waals surface area contributed by atoms with Crippen LogP contribution in [0.2, 0.25) is 0 Å². The van der Waals surface area contributed by atoms with Crippen LogP contribution in [0, 0.1) is 0 Å². The minimum atomic E-state index is -0.150. The molecule has 0 saturated carbocycles. The molecule has 100 valence electrons. The molecule has 0 radical (unpaired) electrons. The van der Waals surface area contributed by atoms with Crippen LogP contribution >= 0.6 is 0 Å². The summed E-state index contributed by atoms with van der Waals surface area (Å²) in [6.45, 7) is 2.30. The molecule has 2 saturated heterocycles. The molecule has 3 heterocycles. The maximum absolute atomic E-state index is 11.6. The Balaban J connectivity index is 1.75. The van der Waals surface area contributed by atoms with E-state index >= 15 is 0 Å². The Hall–Kier alpha value is -1.91. The van der Waals surface area contributed by atoms with Crippen molar-refractivity contribution in [2.45, 2.75) is 25.7 Å². The molecule has 1 amide bonds. The third kappa shape index (κ3) is 2.45. The first-order valence-electron chi connectivity index (χ1n) is 6.77. The topological polar surface area (TPSA) is 53.5 Å². The van der Waals surface area contributed by atoms with Crippen molar-refractivity contribution in [2.75, 3.05) is 29.4 Å². The monoisotopic (exact) mass is 259 g/mol. The molecular formula is C14H17N3O2. The molecule has 5 nitrogen and oxygen atoms in total. The van der Waals surface area contributed by atoms with E-state index < -0.39 is 0 Å². The van der Waals surface area contributed by atoms with Crippen LogP contribution in [0.3, 0.4) is 0 Å². The van der Waals surface area contributed by atoms with Crippen LogP contribution in [-0.2, 0) is 9.59 Å². The summed E-state index contributed by atoms with van der Waals surface area (Å²) >= 11 is 0. The lowest BCUT2D eigenvalue weighted by Crippen LogP contribution is -2.30.